The molecular formula is C23H26N2O3. The van der Waals surface area contributed by atoms with Gasteiger partial charge in [0.2, 0.25) is 5.91 Å². The number of methoxy groups -OCH3 is 1. The number of rotatable bonds is 8. The number of amides is 2. The number of anilines is 2. The molecule has 0 bridgehead atoms. The lowest BCUT2D eigenvalue weighted by Crippen LogP contribution is -2.21. The Morgan fingerprint density at radius 3 is 2.39 bits per heavy atom. The average molecular weight is 378 g/mol. The predicted octanol–water partition coefficient (Wildman–Crippen LogP) is 4.71. The Labute approximate surface area is 165 Å². The maximum absolute atomic E-state index is 12.8. The highest BCUT2D eigenvalue weighted by Gasteiger charge is 2.42. The van der Waals surface area contributed by atoms with E-state index in [0.717, 1.165) is 11.8 Å². The molecule has 0 unspecified atom stereocenters. The van der Waals surface area contributed by atoms with E-state index >= 15 is 0 Å². The van der Waals surface area contributed by atoms with Gasteiger partial charge in [0.15, 0.2) is 0 Å². The maximum Gasteiger partial charge on any atom is 0.257 e. The van der Waals surface area contributed by atoms with Crippen LogP contribution in [0.2, 0.25) is 0 Å². The number of para-hydroxylation sites is 1. The van der Waals surface area contributed by atoms with Gasteiger partial charge in [-0.2, -0.15) is 0 Å². The molecule has 5 nitrogen and oxygen atoms in total. The summed E-state index contributed by atoms with van der Waals surface area (Å²) in [4.78, 5) is 25.4. The van der Waals surface area contributed by atoms with Gasteiger partial charge in [-0.3, -0.25) is 9.59 Å². The summed E-state index contributed by atoms with van der Waals surface area (Å²) in [6, 6.07) is 14.3. The van der Waals surface area contributed by atoms with Crippen LogP contribution in [-0.2, 0) is 4.79 Å². The highest BCUT2D eigenvalue weighted by atomic mass is 16.5. The number of benzene rings is 2. The first-order valence-electron chi connectivity index (χ1n) is 9.98. The molecule has 2 saturated carbocycles. The first-order chi connectivity index (χ1) is 13.6. The average Bonchev–Trinajstić information content (AvgIpc) is 3.60. The first kappa shape index (κ1) is 18.5. The largest absolute Gasteiger partial charge is 0.497 e. The Balaban J connectivity index is 1.43. The third kappa shape index (κ3) is 4.53. The van der Waals surface area contributed by atoms with Crippen LogP contribution in [0.3, 0.4) is 0 Å². The summed E-state index contributed by atoms with van der Waals surface area (Å²) in [7, 11) is 1.59. The van der Waals surface area contributed by atoms with Crippen LogP contribution in [0.15, 0.2) is 48.5 Å². The Morgan fingerprint density at radius 1 is 1.00 bits per heavy atom. The molecule has 0 saturated heterocycles. The first-order valence-corrected chi connectivity index (χ1v) is 9.98. The smallest absolute Gasteiger partial charge is 0.257 e. The zero-order valence-corrected chi connectivity index (χ0v) is 16.1. The number of hydrogen-bond donors (Lipinski definition) is 2. The Kier molecular flexibility index (Phi) is 5.33. The second-order valence-corrected chi connectivity index (χ2v) is 7.82. The minimum atomic E-state index is -0.259. The quantitative estimate of drug-likeness (QED) is 0.699. The van der Waals surface area contributed by atoms with Gasteiger partial charge in [-0.05, 0) is 67.7 Å². The Bertz CT molecular complexity index is 860. The summed E-state index contributed by atoms with van der Waals surface area (Å²) in [5.74, 6) is 2.38. The summed E-state index contributed by atoms with van der Waals surface area (Å²) in [5.41, 5.74) is 1.65. The highest BCUT2D eigenvalue weighted by molar-refractivity contribution is 6.10. The molecule has 0 radical (unpaired) electrons. The second-order valence-electron chi connectivity index (χ2n) is 7.82. The lowest BCUT2D eigenvalue weighted by Gasteiger charge is -2.16. The van der Waals surface area contributed by atoms with E-state index in [1.165, 1.54) is 25.7 Å². The van der Waals surface area contributed by atoms with Crippen molar-refractivity contribution in [2.24, 2.45) is 17.8 Å². The normalized spacial score (nSPS) is 15.9. The summed E-state index contributed by atoms with van der Waals surface area (Å²) in [6.07, 6.45) is 5.59. The van der Waals surface area contributed by atoms with Crippen molar-refractivity contribution in [1.29, 1.82) is 0 Å². The molecule has 2 N–H and O–H groups in total. The minimum absolute atomic E-state index is 0.00503. The Morgan fingerprint density at radius 2 is 1.71 bits per heavy atom. The van der Waals surface area contributed by atoms with Gasteiger partial charge in [0.25, 0.3) is 5.91 Å². The molecule has 4 rings (SSSR count). The van der Waals surface area contributed by atoms with Crippen LogP contribution in [0.5, 0.6) is 5.75 Å². The van der Waals surface area contributed by atoms with Crippen LogP contribution < -0.4 is 15.4 Å². The molecule has 146 valence electrons. The Hall–Kier alpha value is -2.82. The number of ether oxygens (including phenoxy) is 1. The molecule has 0 spiro atoms. The van der Waals surface area contributed by atoms with Gasteiger partial charge >= 0.3 is 0 Å². The van der Waals surface area contributed by atoms with E-state index in [1.54, 1.807) is 37.4 Å². The van der Waals surface area contributed by atoms with Crippen molar-refractivity contribution in [2.75, 3.05) is 17.7 Å². The summed E-state index contributed by atoms with van der Waals surface area (Å²) < 4.78 is 5.20. The molecule has 5 heteroatoms. The molecule has 0 heterocycles. The number of hydrogen-bond acceptors (Lipinski definition) is 3. The van der Waals surface area contributed by atoms with Gasteiger partial charge in [0.05, 0.1) is 18.4 Å². The molecule has 28 heavy (non-hydrogen) atoms. The zero-order chi connectivity index (χ0) is 19.5. The predicted molar refractivity (Wildman–Crippen MR) is 110 cm³/mol. The standard InChI is InChI=1S/C23H26N2O3/c1-28-18-6-4-5-17(13-18)24-23(27)19-7-2-3-8-21(19)25-22(26)14-20(15-9-10-15)16-11-12-16/h2-8,13,15-16,20H,9-12,14H2,1H3,(H,24,27)(H,25,26). The summed E-state index contributed by atoms with van der Waals surface area (Å²) in [5, 5.41) is 5.84. The van der Waals surface area contributed by atoms with Crippen LogP contribution in [0.4, 0.5) is 11.4 Å². The van der Waals surface area contributed by atoms with Gasteiger partial charge in [0.1, 0.15) is 5.75 Å². The molecule has 2 aliphatic rings. The summed E-state index contributed by atoms with van der Waals surface area (Å²) in [6.45, 7) is 0. The fourth-order valence-electron chi connectivity index (χ4n) is 3.87. The van der Waals surface area contributed by atoms with Crippen molar-refractivity contribution in [1.82, 2.24) is 0 Å². The van der Waals surface area contributed by atoms with E-state index in [0.29, 0.717) is 35.0 Å². The fourth-order valence-corrected chi connectivity index (χ4v) is 3.87. The van der Waals surface area contributed by atoms with Crippen LogP contribution >= 0.6 is 0 Å². The van der Waals surface area contributed by atoms with Crippen molar-refractivity contribution < 1.29 is 14.3 Å². The molecule has 0 atom stereocenters. The topological polar surface area (TPSA) is 67.4 Å². The minimum Gasteiger partial charge on any atom is -0.497 e. The molecule has 2 fully saturated rings. The SMILES string of the molecule is COc1cccc(NC(=O)c2ccccc2NC(=O)CC(C2CC2)C2CC2)c1. The van der Waals surface area contributed by atoms with Gasteiger partial charge in [-0.15, -0.1) is 0 Å². The second kappa shape index (κ2) is 8.05. The molecule has 2 aromatic rings. The lowest BCUT2D eigenvalue weighted by atomic mass is 9.93. The molecule has 2 aliphatic carbocycles. The van der Waals surface area contributed by atoms with Crippen LogP contribution in [0.25, 0.3) is 0 Å². The van der Waals surface area contributed by atoms with Crippen molar-refractivity contribution in [2.45, 2.75) is 32.1 Å². The number of carbonyl (C=O) groups excluding carboxylic acids is 2. The molecule has 0 aromatic heterocycles. The van der Waals surface area contributed by atoms with Crippen LogP contribution in [0, 0.1) is 17.8 Å². The van der Waals surface area contributed by atoms with Crippen molar-refractivity contribution in [3.63, 3.8) is 0 Å². The molecule has 2 aromatic carbocycles. The van der Waals surface area contributed by atoms with Crippen molar-refractivity contribution >= 4 is 23.2 Å². The number of nitrogens with one attached hydrogen (secondary N) is 2. The lowest BCUT2D eigenvalue weighted by molar-refractivity contribution is -0.117. The van der Waals surface area contributed by atoms with Crippen LogP contribution in [0.1, 0.15) is 42.5 Å². The third-order valence-corrected chi connectivity index (χ3v) is 5.65. The zero-order valence-electron chi connectivity index (χ0n) is 16.1. The van der Waals surface area contributed by atoms with Gasteiger partial charge in [0, 0.05) is 18.2 Å². The van der Waals surface area contributed by atoms with E-state index in [4.69, 9.17) is 4.74 Å². The molecular weight excluding hydrogens is 352 g/mol. The van der Waals surface area contributed by atoms with Gasteiger partial charge < -0.3 is 15.4 Å². The van der Waals surface area contributed by atoms with Gasteiger partial charge in [-0.1, -0.05) is 18.2 Å². The molecule has 2 amide bonds. The fraction of sp³-hybridized carbons (Fsp3) is 0.391. The van der Waals surface area contributed by atoms with Crippen molar-refractivity contribution in [3.05, 3.63) is 54.1 Å². The highest BCUT2D eigenvalue weighted by Crippen LogP contribution is 2.50. The summed E-state index contributed by atoms with van der Waals surface area (Å²) >= 11 is 0. The van der Waals surface area contributed by atoms with E-state index in [1.807, 2.05) is 18.2 Å². The van der Waals surface area contributed by atoms with Crippen LogP contribution in [-0.4, -0.2) is 18.9 Å². The van der Waals surface area contributed by atoms with E-state index in [-0.39, 0.29) is 11.8 Å². The maximum atomic E-state index is 12.8. The van der Waals surface area contributed by atoms with E-state index in [2.05, 4.69) is 10.6 Å². The number of carbonyl (C=O) groups is 2. The van der Waals surface area contributed by atoms with E-state index in [9.17, 15) is 9.59 Å². The van der Waals surface area contributed by atoms with Crippen molar-refractivity contribution in [3.8, 4) is 5.75 Å². The molecule has 0 aliphatic heterocycles. The van der Waals surface area contributed by atoms with E-state index < -0.39 is 0 Å². The third-order valence-electron chi connectivity index (χ3n) is 5.65. The monoisotopic (exact) mass is 378 g/mol. The van der Waals surface area contributed by atoms with Gasteiger partial charge in [-0.25, -0.2) is 0 Å².